The van der Waals surface area contributed by atoms with Crippen molar-refractivity contribution >= 4 is 0 Å². The van der Waals surface area contributed by atoms with E-state index < -0.39 is 0 Å². The molecule has 0 aromatic rings. The molecule has 0 unspecified atom stereocenters. The average Bonchev–Trinajstić information content (AvgIpc) is 2.18. The van der Waals surface area contributed by atoms with E-state index >= 15 is 0 Å². The minimum atomic E-state index is 0.211. The topological polar surface area (TPSA) is 12.5 Å². The van der Waals surface area contributed by atoms with E-state index in [2.05, 4.69) is 25.8 Å². The van der Waals surface area contributed by atoms with E-state index in [4.69, 9.17) is 4.74 Å². The molecule has 13 heavy (non-hydrogen) atoms. The summed E-state index contributed by atoms with van der Waals surface area (Å²) in [6.45, 7) is 7.74. The fraction of sp³-hybridized carbons (Fsp3) is 1.00. The number of piperidine rings is 1. The number of ether oxygens (including phenoxy) is 1. The van der Waals surface area contributed by atoms with E-state index in [0.717, 1.165) is 13.0 Å². The predicted molar refractivity (Wildman–Crippen MR) is 56.0 cm³/mol. The van der Waals surface area contributed by atoms with Crippen molar-refractivity contribution in [1.82, 2.24) is 4.90 Å². The van der Waals surface area contributed by atoms with Crippen LogP contribution in [0.4, 0.5) is 0 Å². The molecule has 0 aliphatic carbocycles. The van der Waals surface area contributed by atoms with Gasteiger partial charge in [-0.25, -0.2) is 0 Å². The first-order valence-electron chi connectivity index (χ1n) is 5.55. The van der Waals surface area contributed by atoms with Gasteiger partial charge in [-0.2, -0.15) is 0 Å². The van der Waals surface area contributed by atoms with Crippen molar-refractivity contribution in [2.75, 3.05) is 26.7 Å². The minimum Gasteiger partial charge on any atom is -0.375 e. The molecule has 78 valence electrons. The van der Waals surface area contributed by atoms with Crippen LogP contribution in [0.5, 0.6) is 0 Å². The monoisotopic (exact) mass is 185 g/mol. The molecule has 0 bridgehead atoms. The Morgan fingerprint density at radius 3 is 2.31 bits per heavy atom. The Morgan fingerprint density at radius 1 is 1.23 bits per heavy atom. The zero-order valence-electron chi connectivity index (χ0n) is 9.31. The maximum absolute atomic E-state index is 5.99. The Hall–Kier alpha value is -0.0800. The maximum Gasteiger partial charge on any atom is 0.0704 e. The quantitative estimate of drug-likeness (QED) is 0.666. The van der Waals surface area contributed by atoms with Crippen LogP contribution in [0.15, 0.2) is 0 Å². The number of nitrogens with zero attached hydrogens (tertiary/aromatic N) is 1. The van der Waals surface area contributed by atoms with E-state index in [-0.39, 0.29) is 5.60 Å². The van der Waals surface area contributed by atoms with Crippen LogP contribution in [0, 0.1) is 0 Å². The summed E-state index contributed by atoms with van der Waals surface area (Å²) in [6, 6.07) is 0. The van der Waals surface area contributed by atoms with Crippen molar-refractivity contribution in [1.29, 1.82) is 0 Å². The number of hydrogen-bond donors (Lipinski definition) is 0. The minimum absolute atomic E-state index is 0.211. The molecule has 2 nitrogen and oxygen atoms in total. The predicted octanol–water partition coefficient (Wildman–Crippen LogP) is 2.29. The van der Waals surface area contributed by atoms with Crippen molar-refractivity contribution in [2.24, 2.45) is 0 Å². The van der Waals surface area contributed by atoms with E-state index in [9.17, 15) is 0 Å². The molecule has 0 aromatic heterocycles. The second-order valence-corrected chi connectivity index (χ2v) is 4.19. The summed E-state index contributed by atoms with van der Waals surface area (Å²) in [5.74, 6) is 0. The summed E-state index contributed by atoms with van der Waals surface area (Å²) in [5, 5.41) is 0. The fourth-order valence-corrected chi connectivity index (χ4v) is 1.94. The van der Waals surface area contributed by atoms with Gasteiger partial charge < -0.3 is 9.64 Å². The summed E-state index contributed by atoms with van der Waals surface area (Å²) in [4.78, 5) is 2.39. The van der Waals surface area contributed by atoms with Gasteiger partial charge in [-0.3, -0.25) is 0 Å². The Balaban J connectivity index is 2.40. The lowest BCUT2D eigenvalue weighted by molar-refractivity contribution is -0.0830. The molecule has 0 aromatic carbocycles. The van der Waals surface area contributed by atoms with Gasteiger partial charge in [0.05, 0.1) is 5.60 Å². The van der Waals surface area contributed by atoms with Crippen LogP contribution in [-0.2, 0) is 4.74 Å². The second kappa shape index (κ2) is 4.97. The molecule has 1 saturated heterocycles. The van der Waals surface area contributed by atoms with Crippen molar-refractivity contribution in [3.05, 3.63) is 0 Å². The number of rotatable bonds is 4. The molecule has 1 fully saturated rings. The van der Waals surface area contributed by atoms with E-state index in [1.807, 2.05) is 0 Å². The number of hydrogen-bond acceptors (Lipinski definition) is 2. The molecule has 0 N–H and O–H groups in total. The normalized spacial score (nSPS) is 23.3. The maximum atomic E-state index is 5.99. The zero-order chi connectivity index (χ0) is 9.73. The summed E-state index contributed by atoms with van der Waals surface area (Å²) in [7, 11) is 2.19. The Labute approximate surface area is 82.3 Å². The molecule has 1 rings (SSSR count). The van der Waals surface area contributed by atoms with Gasteiger partial charge in [0.2, 0.25) is 0 Å². The lowest BCUT2D eigenvalue weighted by atomic mass is 9.89. The smallest absolute Gasteiger partial charge is 0.0704 e. The average molecular weight is 185 g/mol. The molecule has 1 heterocycles. The van der Waals surface area contributed by atoms with Gasteiger partial charge in [0.15, 0.2) is 0 Å². The van der Waals surface area contributed by atoms with Crippen LogP contribution in [0.25, 0.3) is 0 Å². The molecule has 1 aliphatic heterocycles. The molecule has 0 radical (unpaired) electrons. The van der Waals surface area contributed by atoms with Gasteiger partial charge >= 0.3 is 0 Å². The molecule has 0 saturated carbocycles. The summed E-state index contributed by atoms with van der Waals surface area (Å²) >= 11 is 0. The standard InChI is InChI=1S/C11H23NO/c1-4-10-13-11(5-2)6-8-12(3)9-7-11/h4-10H2,1-3H3. The van der Waals surface area contributed by atoms with E-state index in [1.54, 1.807) is 0 Å². The molecule has 1 aliphatic rings. The lowest BCUT2D eigenvalue weighted by Crippen LogP contribution is -2.44. The second-order valence-electron chi connectivity index (χ2n) is 4.19. The van der Waals surface area contributed by atoms with Crippen LogP contribution in [0.1, 0.15) is 39.5 Å². The molecule has 0 spiro atoms. The van der Waals surface area contributed by atoms with Gasteiger partial charge in [0, 0.05) is 19.7 Å². The zero-order valence-corrected chi connectivity index (χ0v) is 9.31. The Kier molecular flexibility index (Phi) is 4.20. The van der Waals surface area contributed by atoms with Gasteiger partial charge in [0.1, 0.15) is 0 Å². The Morgan fingerprint density at radius 2 is 1.85 bits per heavy atom. The largest absolute Gasteiger partial charge is 0.375 e. The molecular weight excluding hydrogens is 162 g/mol. The van der Waals surface area contributed by atoms with Gasteiger partial charge in [-0.1, -0.05) is 13.8 Å². The third kappa shape index (κ3) is 2.96. The third-order valence-corrected chi connectivity index (χ3v) is 3.15. The number of likely N-dealkylation sites (tertiary alicyclic amines) is 1. The summed E-state index contributed by atoms with van der Waals surface area (Å²) in [6.07, 6.45) is 4.72. The van der Waals surface area contributed by atoms with Crippen molar-refractivity contribution in [3.8, 4) is 0 Å². The molecular formula is C11H23NO. The lowest BCUT2D eigenvalue weighted by Gasteiger charge is -2.40. The van der Waals surface area contributed by atoms with Crippen molar-refractivity contribution < 1.29 is 4.74 Å². The fourth-order valence-electron chi connectivity index (χ4n) is 1.94. The Bertz CT molecular complexity index is 134. The highest BCUT2D eigenvalue weighted by Gasteiger charge is 2.32. The molecule has 0 amide bonds. The van der Waals surface area contributed by atoms with Crippen LogP contribution in [0.3, 0.4) is 0 Å². The van der Waals surface area contributed by atoms with Crippen molar-refractivity contribution in [2.45, 2.75) is 45.1 Å². The van der Waals surface area contributed by atoms with Crippen molar-refractivity contribution in [3.63, 3.8) is 0 Å². The summed E-state index contributed by atoms with van der Waals surface area (Å²) < 4.78 is 5.99. The van der Waals surface area contributed by atoms with Crippen LogP contribution >= 0.6 is 0 Å². The van der Waals surface area contributed by atoms with Gasteiger partial charge in [-0.15, -0.1) is 0 Å². The first kappa shape index (κ1) is 11.0. The van der Waals surface area contributed by atoms with E-state index in [0.29, 0.717) is 0 Å². The molecule has 0 atom stereocenters. The van der Waals surface area contributed by atoms with Gasteiger partial charge in [-0.05, 0) is 32.7 Å². The van der Waals surface area contributed by atoms with Gasteiger partial charge in [0.25, 0.3) is 0 Å². The first-order chi connectivity index (χ1) is 6.22. The summed E-state index contributed by atoms with van der Waals surface area (Å²) in [5.41, 5.74) is 0.211. The SMILES string of the molecule is CCCOC1(CC)CCN(C)CC1. The van der Waals surface area contributed by atoms with Crippen LogP contribution < -0.4 is 0 Å². The van der Waals surface area contributed by atoms with Crippen LogP contribution in [0.2, 0.25) is 0 Å². The first-order valence-corrected chi connectivity index (χ1v) is 5.55. The highest BCUT2D eigenvalue weighted by atomic mass is 16.5. The van der Waals surface area contributed by atoms with E-state index in [1.165, 1.54) is 32.4 Å². The third-order valence-electron chi connectivity index (χ3n) is 3.15. The highest BCUT2D eigenvalue weighted by molar-refractivity contribution is 4.85. The van der Waals surface area contributed by atoms with Crippen LogP contribution in [-0.4, -0.2) is 37.2 Å². The highest BCUT2D eigenvalue weighted by Crippen LogP contribution is 2.29. The molecule has 2 heteroatoms.